The zero-order valence-corrected chi connectivity index (χ0v) is 16.3. The van der Waals surface area contributed by atoms with Crippen LogP contribution in [0.3, 0.4) is 0 Å². The van der Waals surface area contributed by atoms with E-state index in [4.69, 9.17) is 9.84 Å². The zero-order chi connectivity index (χ0) is 20.8. The molecule has 1 saturated heterocycles. The number of carbonyl (C=O) groups is 3. The zero-order valence-electron chi connectivity index (χ0n) is 16.3. The summed E-state index contributed by atoms with van der Waals surface area (Å²) in [6.07, 6.45) is 0.937. The molecule has 0 spiro atoms. The lowest BCUT2D eigenvalue weighted by molar-refractivity contribution is -0.143. The van der Waals surface area contributed by atoms with Crippen LogP contribution in [0.1, 0.15) is 40.5 Å². The first-order valence-electron chi connectivity index (χ1n) is 9.64. The number of hydrogen-bond acceptors (Lipinski definition) is 4. The summed E-state index contributed by atoms with van der Waals surface area (Å²) in [6.45, 7) is 3.27. The number of nitrogens with one attached hydrogen (secondary N) is 1. The summed E-state index contributed by atoms with van der Waals surface area (Å²) in [7, 11) is 0. The molecular weight excluding hydrogens is 372 g/mol. The van der Waals surface area contributed by atoms with Gasteiger partial charge >= 0.3 is 5.97 Å². The van der Waals surface area contributed by atoms with Crippen molar-refractivity contribution in [3.8, 4) is 5.75 Å². The molecule has 0 unspecified atom stereocenters. The first-order valence-corrected chi connectivity index (χ1v) is 9.64. The standard InChI is InChI=1S/C22H24N2O5/c1-2-29-19-5-3-4-17(14-19)20(25)23-18-8-6-15(7-9-18)21(26)24-12-10-16(11-13-24)22(27)28/h3-9,14,16H,2,10-13H2,1H3,(H,23,25)(H,27,28). The summed E-state index contributed by atoms with van der Waals surface area (Å²) >= 11 is 0. The number of carboxylic acids is 1. The minimum Gasteiger partial charge on any atom is -0.494 e. The van der Waals surface area contributed by atoms with Gasteiger partial charge in [-0.25, -0.2) is 0 Å². The first-order chi connectivity index (χ1) is 14.0. The van der Waals surface area contributed by atoms with Crippen LogP contribution >= 0.6 is 0 Å². The van der Waals surface area contributed by atoms with Gasteiger partial charge < -0.3 is 20.1 Å². The van der Waals surface area contributed by atoms with Crippen LogP contribution in [0.4, 0.5) is 5.69 Å². The Labute approximate surface area is 169 Å². The predicted molar refractivity (Wildman–Crippen MR) is 108 cm³/mol. The molecular formula is C22H24N2O5. The SMILES string of the molecule is CCOc1cccc(C(=O)Nc2ccc(C(=O)N3CCC(C(=O)O)CC3)cc2)c1. The molecule has 2 aromatic rings. The van der Waals surface area contributed by atoms with E-state index in [0.29, 0.717) is 55.1 Å². The molecule has 0 aliphatic carbocycles. The number of rotatable bonds is 6. The second-order valence-electron chi connectivity index (χ2n) is 6.90. The van der Waals surface area contributed by atoms with Crippen molar-refractivity contribution in [3.63, 3.8) is 0 Å². The summed E-state index contributed by atoms with van der Waals surface area (Å²) in [6, 6.07) is 13.6. The van der Waals surface area contributed by atoms with Gasteiger partial charge in [0.2, 0.25) is 0 Å². The second kappa shape index (κ2) is 9.23. The van der Waals surface area contributed by atoms with Gasteiger partial charge in [0.25, 0.3) is 11.8 Å². The summed E-state index contributed by atoms with van der Waals surface area (Å²) in [5.74, 6) is -0.938. The van der Waals surface area contributed by atoms with Gasteiger partial charge in [-0.1, -0.05) is 6.07 Å². The number of amides is 2. The number of likely N-dealkylation sites (tertiary alicyclic amines) is 1. The largest absolute Gasteiger partial charge is 0.494 e. The van der Waals surface area contributed by atoms with Crippen LogP contribution in [0.15, 0.2) is 48.5 Å². The quantitative estimate of drug-likeness (QED) is 0.781. The highest BCUT2D eigenvalue weighted by atomic mass is 16.5. The first kappa shape index (κ1) is 20.4. The Bertz CT molecular complexity index is 886. The van der Waals surface area contributed by atoms with Gasteiger partial charge in [0.15, 0.2) is 0 Å². The summed E-state index contributed by atoms with van der Waals surface area (Å²) in [5, 5.41) is 11.9. The molecule has 29 heavy (non-hydrogen) atoms. The number of nitrogens with zero attached hydrogens (tertiary/aromatic N) is 1. The molecule has 0 radical (unpaired) electrons. The molecule has 2 N–H and O–H groups in total. The average molecular weight is 396 g/mol. The van der Waals surface area contributed by atoms with E-state index in [0.717, 1.165) is 0 Å². The number of carbonyl (C=O) groups excluding carboxylic acids is 2. The molecule has 2 amide bonds. The molecule has 0 atom stereocenters. The van der Waals surface area contributed by atoms with Crippen LogP contribution in [0.5, 0.6) is 5.75 Å². The Morgan fingerprint density at radius 3 is 2.38 bits per heavy atom. The normalized spacial score (nSPS) is 14.3. The summed E-state index contributed by atoms with van der Waals surface area (Å²) in [4.78, 5) is 37.7. The predicted octanol–water partition coefficient (Wildman–Crippen LogP) is 3.27. The van der Waals surface area contributed by atoms with E-state index in [-0.39, 0.29) is 17.7 Å². The Balaban J connectivity index is 1.60. The van der Waals surface area contributed by atoms with Crippen molar-refractivity contribution >= 4 is 23.5 Å². The van der Waals surface area contributed by atoms with E-state index in [1.54, 1.807) is 53.4 Å². The molecule has 7 heteroatoms. The van der Waals surface area contributed by atoms with Gasteiger partial charge in [0.05, 0.1) is 12.5 Å². The van der Waals surface area contributed by atoms with E-state index in [1.165, 1.54) is 0 Å². The van der Waals surface area contributed by atoms with Crippen molar-refractivity contribution in [2.45, 2.75) is 19.8 Å². The third kappa shape index (κ3) is 5.13. The number of hydrogen-bond donors (Lipinski definition) is 2. The smallest absolute Gasteiger partial charge is 0.306 e. The minimum absolute atomic E-state index is 0.129. The summed E-state index contributed by atoms with van der Waals surface area (Å²) in [5.41, 5.74) is 1.57. The van der Waals surface area contributed by atoms with Crippen molar-refractivity contribution in [1.29, 1.82) is 0 Å². The van der Waals surface area contributed by atoms with Gasteiger partial charge in [-0.3, -0.25) is 14.4 Å². The van der Waals surface area contributed by atoms with Crippen LogP contribution in [0, 0.1) is 5.92 Å². The third-order valence-corrected chi connectivity index (χ3v) is 4.93. The highest BCUT2D eigenvalue weighted by Crippen LogP contribution is 2.20. The topological polar surface area (TPSA) is 95.9 Å². The maximum absolute atomic E-state index is 12.6. The van der Waals surface area contributed by atoms with Crippen LogP contribution in [0.2, 0.25) is 0 Å². The molecule has 3 rings (SSSR count). The summed E-state index contributed by atoms with van der Waals surface area (Å²) < 4.78 is 5.41. The lowest BCUT2D eigenvalue weighted by Crippen LogP contribution is -2.40. The van der Waals surface area contributed by atoms with Gasteiger partial charge in [0.1, 0.15) is 5.75 Å². The fraction of sp³-hybridized carbons (Fsp3) is 0.318. The molecule has 0 aromatic heterocycles. The molecule has 1 fully saturated rings. The number of aliphatic carboxylic acids is 1. The lowest BCUT2D eigenvalue weighted by atomic mass is 9.96. The van der Waals surface area contributed by atoms with Gasteiger partial charge in [-0.2, -0.15) is 0 Å². The van der Waals surface area contributed by atoms with Crippen LogP contribution in [-0.4, -0.2) is 47.5 Å². The molecule has 0 saturated carbocycles. The Morgan fingerprint density at radius 1 is 1.07 bits per heavy atom. The highest BCUT2D eigenvalue weighted by molar-refractivity contribution is 6.04. The number of benzene rings is 2. The number of piperidine rings is 1. The average Bonchev–Trinajstić information content (AvgIpc) is 2.74. The van der Waals surface area contributed by atoms with Crippen molar-refractivity contribution in [2.75, 3.05) is 25.0 Å². The van der Waals surface area contributed by atoms with E-state index in [1.807, 2.05) is 6.92 Å². The van der Waals surface area contributed by atoms with Gasteiger partial charge in [-0.15, -0.1) is 0 Å². The Hall–Kier alpha value is -3.35. The fourth-order valence-electron chi connectivity index (χ4n) is 3.31. The maximum atomic E-state index is 12.6. The Morgan fingerprint density at radius 2 is 1.76 bits per heavy atom. The van der Waals surface area contributed by atoms with Gasteiger partial charge in [-0.05, 0) is 62.2 Å². The van der Waals surface area contributed by atoms with Crippen molar-refractivity contribution in [2.24, 2.45) is 5.92 Å². The molecule has 7 nitrogen and oxygen atoms in total. The van der Waals surface area contributed by atoms with Gasteiger partial charge in [0, 0.05) is 29.9 Å². The van der Waals surface area contributed by atoms with Crippen LogP contribution in [0.25, 0.3) is 0 Å². The lowest BCUT2D eigenvalue weighted by Gasteiger charge is -2.30. The molecule has 152 valence electrons. The molecule has 1 aliphatic rings. The minimum atomic E-state index is -0.802. The molecule has 0 bridgehead atoms. The third-order valence-electron chi connectivity index (χ3n) is 4.93. The number of anilines is 1. The van der Waals surface area contributed by atoms with E-state index in [9.17, 15) is 14.4 Å². The van der Waals surface area contributed by atoms with Crippen LogP contribution in [-0.2, 0) is 4.79 Å². The van der Waals surface area contributed by atoms with E-state index in [2.05, 4.69) is 5.32 Å². The monoisotopic (exact) mass is 396 g/mol. The maximum Gasteiger partial charge on any atom is 0.306 e. The Kier molecular flexibility index (Phi) is 6.49. The molecule has 1 heterocycles. The van der Waals surface area contributed by atoms with Crippen molar-refractivity contribution < 1.29 is 24.2 Å². The molecule has 1 aliphatic heterocycles. The van der Waals surface area contributed by atoms with E-state index >= 15 is 0 Å². The van der Waals surface area contributed by atoms with Crippen molar-refractivity contribution in [1.82, 2.24) is 4.90 Å². The number of carboxylic acid groups (broad SMARTS) is 1. The van der Waals surface area contributed by atoms with Crippen molar-refractivity contribution in [3.05, 3.63) is 59.7 Å². The second-order valence-corrected chi connectivity index (χ2v) is 6.90. The number of ether oxygens (including phenoxy) is 1. The van der Waals surface area contributed by atoms with E-state index < -0.39 is 5.97 Å². The highest BCUT2D eigenvalue weighted by Gasteiger charge is 2.27. The van der Waals surface area contributed by atoms with Crippen LogP contribution < -0.4 is 10.1 Å². The fourth-order valence-corrected chi connectivity index (χ4v) is 3.31. The molecule has 2 aromatic carbocycles.